The number of Topliss-reactive ketones (excluding diaryl/α,β-unsaturated/α-hetero) is 1. The minimum atomic E-state index is 0.147. The third kappa shape index (κ3) is 3.15. The molecule has 23 heavy (non-hydrogen) atoms. The van der Waals surface area contributed by atoms with Crippen LogP contribution in [0.2, 0.25) is 0 Å². The Hall–Kier alpha value is -0.650. The van der Waals surface area contributed by atoms with Crippen molar-refractivity contribution in [3.8, 4) is 0 Å². The Balaban J connectivity index is 1.91. The van der Waals surface area contributed by atoms with E-state index in [1.54, 1.807) is 23.5 Å². The molecule has 0 aliphatic heterocycles. The summed E-state index contributed by atoms with van der Waals surface area (Å²) in [5.41, 5.74) is 3.46. The molecule has 122 valence electrons. The molecule has 0 amide bonds. The number of fused-ring (bicyclic) bond motifs is 1. The van der Waals surface area contributed by atoms with Crippen LogP contribution < -0.4 is 0 Å². The van der Waals surface area contributed by atoms with Crippen molar-refractivity contribution in [2.75, 3.05) is 12.5 Å². The summed E-state index contributed by atoms with van der Waals surface area (Å²) >= 11 is 6.90. The number of aromatic nitrogens is 1. The average Bonchev–Trinajstić information content (AvgIpc) is 3.26. The first-order chi connectivity index (χ1) is 11.0. The number of carbonyl (C=O) groups excluding carboxylic acids is 1. The molecule has 3 rings (SSSR count). The minimum Gasteiger partial charge on any atom is -0.350 e. The zero-order valence-electron chi connectivity index (χ0n) is 13.7. The van der Waals surface area contributed by atoms with Gasteiger partial charge in [-0.05, 0) is 55.5 Å². The minimum absolute atomic E-state index is 0.147. The third-order valence-corrected chi connectivity index (χ3v) is 7.40. The van der Waals surface area contributed by atoms with E-state index in [0.717, 1.165) is 20.7 Å². The summed E-state index contributed by atoms with van der Waals surface area (Å²) in [6.07, 6.45) is 7.24. The van der Waals surface area contributed by atoms with E-state index in [9.17, 15) is 4.79 Å². The van der Waals surface area contributed by atoms with Crippen LogP contribution in [0.5, 0.6) is 0 Å². The maximum atomic E-state index is 12.8. The van der Waals surface area contributed by atoms with Crippen LogP contribution in [0.15, 0.2) is 38.7 Å². The molecule has 1 aromatic carbocycles. The molecular formula is C18H20BrNOS2. The normalized spacial score (nSPS) is 19.9. The molecule has 0 N–H and O–H groups in total. The van der Waals surface area contributed by atoms with Crippen molar-refractivity contribution in [2.45, 2.75) is 19.3 Å². The predicted molar refractivity (Wildman–Crippen MR) is 106 cm³/mol. The first-order valence-electron chi connectivity index (χ1n) is 7.55. The van der Waals surface area contributed by atoms with Gasteiger partial charge in [0.25, 0.3) is 0 Å². The lowest BCUT2D eigenvalue weighted by molar-refractivity contribution is -0.116. The summed E-state index contributed by atoms with van der Waals surface area (Å²) < 4.78 is 4.39. The predicted octanol–water partition coefficient (Wildman–Crippen LogP) is 5.57. The second kappa shape index (κ2) is 6.69. The molecule has 2 nitrogen and oxygen atoms in total. The quantitative estimate of drug-likeness (QED) is 0.602. The summed E-state index contributed by atoms with van der Waals surface area (Å²) in [7, 11) is 2.07. The largest absolute Gasteiger partial charge is 0.350 e. The topological polar surface area (TPSA) is 22.0 Å². The summed E-state index contributed by atoms with van der Waals surface area (Å²) in [4.78, 5) is 12.8. The summed E-state index contributed by atoms with van der Waals surface area (Å²) in [6, 6.07) is 6.37. The first kappa shape index (κ1) is 17.2. The number of allylic oxidation sites excluding steroid dienone is 1. The highest BCUT2D eigenvalue weighted by molar-refractivity contribution is 9.10. The SMILES string of the molecule is CSC(SC)=C(C)C(=O)C1CC1c1cn(C)c2ccc(Br)cc12. The standard InChI is InChI=1S/C18H20BrNOS2/c1-10(18(22-3)23-4)17(21)14-8-12(14)15-9-20(2)16-6-5-11(19)7-13(15)16/h5-7,9,12,14H,8H2,1-4H3. The molecule has 2 atom stereocenters. The molecule has 0 saturated heterocycles. The molecule has 2 unspecified atom stereocenters. The van der Waals surface area contributed by atoms with Crippen LogP contribution in [0.4, 0.5) is 0 Å². The average molecular weight is 410 g/mol. The zero-order chi connectivity index (χ0) is 16.7. The molecule has 1 fully saturated rings. The highest BCUT2D eigenvalue weighted by atomic mass is 79.9. The van der Waals surface area contributed by atoms with Gasteiger partial charge in [-0.25, -0.2) is 0 Å². The van der Waals surface area contributed by atoms with E-state index in [4.69, 9.17) is 0 Å². The third-order valence-electron chi connectivity index (χ3n) is 4.56. The van der Waals surface area contributed by atoms with Crippen LogP contribution >= 0.6 is 39.5 Å². The maximum Gasteiger partial charge on any atom is 0.163 e. The monoisotopic (exact) mass is 409 g/mol. The van der Waals surface area contributed by atoms with Gasteiger partial charge in [0.05, 0.1) is 0 Å². The Kier molecular flexibility index (Phi) is 5.00. The molecule has 1 heterocycles. The lowest BCUT2D eigenvalue weighted by atomic mass is 10.0. The molecule has 1 aliphatic carbocycles. The van der Waals surface area contributed by atoms with Gasteiger partial charge in [0.1, 0.15) is 0 Å². The van der Waals surface area contributed by atoms with Crippen molar-refractivity contribution in [1.29, 1.82) is 0 Å². The molecule has 0 spiro atoms. The number of rotatable bonds is 5. The zero-order valence-corrected chi connectivity index (χ0v) is 16.9. The Morgan fingerprint density at radius 3 is 2.65 bits per heavy atom. The molecular weight excluding hydrogens is 390 g/mol. The van der Waals surface area contributed by atoms with E-state index in [-0.39, 0.29) is 5.92 Å². The lowest BCUT2D eigenvalue weighted by Crippen LogP contribution is -2.05. The van der Waals surface area contributed by atoms with E-state index in [1.807, 2.05) is 19.4 Å². The van der Waals surface area contributed by atoms with Gasteiger partial charge in [-0.1, -0.05) is 15.9 Å². The molecule has 1 saturated carbocycles. The highest BCUT2D eigenvalue weighted by Crippen LogP contribution is 2.52. The summed E-state index contributed by atoms with van der Waals surface area (Å²) in [6.45, 7) is 1.97. The number of thioether (sulfide) groups is 2. The van der Waals surface area contributed by atoms with Gasteiger partial charge in [0, 0.05) is 44.3 Å². The maximum absolute atomic E-state index is 12.8. The number of benzene rings is 1. The number of hydrogen-bond donors (Lipinski definition) is 0. The van der Waals surface area contributed by atoms with Crippen LogP contribution in [-0.2, 0) is 11.8 Å². The highest BCUT2D eigenvalue weighted by Gasteiger charge is 2.45. The van der Waals surface area contributed by atoms with E-state index >= 15 is 0 Å². The van der Waals surface area contributed by atoms with Crippen molar-refractivity contribution < 1.29 is 4.79 Å². The molecule has 2 aromatic rings. The van der Waals surface area contributed by atoms with Crippen LogP contribution in [0.1, 0.15) is 24.8 Å². The van der Waals surface area contributed by atoms with E-state index < -0.39 is 0 Å². The van der Waals surface area contributed by atoms with Gasteiger partial charge in [-0.3, -0.25) is 4.79 Å². The van der Waals surface area contributed by atoms with Crippen LogP contribution in [0, 0.1) is 5.92 Å². The van der Waals surface area contributed by atoms with Crippen molar-refractivity contribution >= 4 is 56.1 Å². The van der Waals surface area contributed by atoms with Gasteiger partial charge in [0.15, 0.2) is 5.78 Å². The molecule has 0 radical (unpaired) electrons. The van der Waals surface area contributed by atoms with Crippen LogP contribution in [-0.4, -0.2) is 22.9 Å². The number of carbonyl (C=O) groups is 1. The fourth-order valence-corrected chi connectivity index (χ4v) is 5.13. The number of hydrogen-bond acceptors (Lipinski definition) is 3. The molecule has 1 aliphatic rings. The fraction of sp³-hybridized carbons (Fsp3) is 0.389. The number of aryl methyl sites for hydroxylation is 1. The Bertz CT molecular complexity index is 803. The lowest BCUT2D eigenvalue weighted by Gasteiger charge is -2.06. The van der Waals surface area contributed by atoms with E-state index in [1.165, 1.54) is 16.5 Å². The molecule has 1 aromatic heterocycles. The number of ketones is 1. The second-order valence-corrected chi connectivity index (χ2v) is 8.80. The summed E-state index contributed by atoms with van der Waals surface area (Å²) in [5, 5.41) is 1.26. The number of halogens is 1. The van der Waals surface area contributed by atoms with Crippen molar-refractivity contribution in [3.63, 3.8) is 0 Å². The van der Waals surface area contributed by atoms with Gasteiger partial charge in [0.2, 0.25) is 0 Å². The second-order valence-electron chi connectivity index (χ2n) is 5.99. The Labute approximate surface area is 154 Å². The van der Waals surface area contributed by atoms with Crippen LogP contribution in [0.25, 0.3) is 10.9 Å². The fourth-order valence-electron chi connectivity index (χ4n) is 3.29. The van der Waals surface area contributed by atoms with Gasteiger partial charge in [-0.15, -0.1) is 23.5 Å². The van der Waals surface area contributed by atoms with Crippen molar-refractivity contribution in [1.82, 2.24) is 4.57 Å². The van der Waals surface area contributed by atoms with E-state index in [0.29, 0.717) is 11.7 Å². The van der Waals surface area contributed by atoms with E-state index in [2.05, 4.69) is 51.9 Å². The van der Waals surface area contributed by atoms with Crippen molar-refractivity contribution in [3.05, 3.63) is 44.2 Å². The smallest absolute Gasteiger partial charge is 0.163 e. The van der Waals surface area contributed by atoms with Gasteiger partial charge in [-0.2, -0.15) is 0 Å². The van der Waals surface area contributed by atoms with Crippen LogP contribution in [0.3, 0.4) is 0 Å². The first-order valence-corrected chi connectivity index (χ1v) is 10.8. The van der Waals surface area contributed by atoms with Gasteiger partial charge >= 0.3 is 0 Å². The Morgan fingerprint density at radius 1 is 1.30 bits per heavy atom. The number of nitrogens with zero attached hydrogens (tertiary/aromatic N) is 1. The molecule has 5 heteroatoms. The van der Waals surface area contributed by atoms with Crippen molar-refractivity contribution in [2.24, 2.45) is 13.0 Å². The Morgan fingerprint density at radius 2 is 2.00 bits per heavy atom. The summed E-state index contributed by atoms with van der Waals surface area (Å²) in [5.74, 6) is 0.829. The van der Waals surface area contributed by atoms with Gasteiger partial charge < -0.3 is 4.57 Å². The molecule has 0 bridgehead atoms.